The Balaban J connectivity index is 1.95. The number of alkyl halides is 2. The summed E-state index contributed by atoms with van der Waals surface area (Å²) < 4.78 is 0. The minimum absolute atomic E-state index is 0.174. The summed E-state index contributed by atoms with van der Waals surface area (Å²) >= 11 is 13.9. The van der Waals surface area contributed by atoms with Crippen molar-refractivity contribution in [2.45, 2.75) is 57.3 Å². The van der Waals surface area contributed by atoms with E-state index in [0.29, 0.717) is 6.54 Å². The lowest BCUT2D eigenvalue weighted by Crippen LogP contribution is -2.32. The molecule has 0 aliphatic rings. The van der Waals surface area contributed by atoms with Crippen molar-refractivity contribution in [3.05, 3.63) is 66.2 Å². The summed E-state index contributed by atoms with van der Waals surface area (Å²) in [6.45, 7) is 7.05. The molecule has 184 valence electrons. The van der Waals surface area contributed by atoms with Crippen LogP contribution in [0.25, 0.3) is 21.8 Å². The number of phenolic OH excluding ortho intramolecular Hbond substituents is 1. The molecule has 4 rings (SSSR count). The van der Waals surface area contributed by atoms with Crippen LogP contribution >= 0.6 is 23.2 Å². The van der Waals surface area contributed by atoms with Crippen LogP contribution in [0.4, 0.5) is 17.1 Å². The highest BCUT2D eigenvalue weighted by Gasteiger charge is 2.25. The Kier molecular flexibility index (Phi) is 8.25. The van der Waals surface area contributed by atoms with E-state index in [0.717, 1.165) is 70.1 Å². The third kappa shape index (κ3) is 5.29. The molecule has 0 aliphatic carbocycles. The second-order valence-corrected chi connectivity index (χ2v) is 9.87. The maximum absolute atomic E-state index is 10.8. The lowest BCUT2D eigenvalue weighted by atomic mass is 10.00. The van der Waals surface area contributed by atoms with Gasteiger partial charge in [-0.05, 0) is 31.9 Å². The zero-order valence-corrected chi connectivity index (χ0v) is 22.1. The van der Waals surface area contributed by atoms with Gasteiger partial charge in [0.15, 0.2) is 0 Å². The molecule has 4 aromatic rings. The zero-order chi connectivity index (χ0) is 24.9. The van der Waals surface area contributed by atoms with Gasteiger partial charge in [-0.15, -0.1) is 11.6 Å². The highest BCUT2D eigenvalue weighted by atomic mass is 35.5. The summed E-state index contributed by atoms with van der Waals surface area (Å²) in [6.07, 6.45) is 3.57. The number of para-hydroxylation sites is 2. The first-order chi connectivity index (χ1) is 17.0. The first-order valence-corrected chi connectivity index (χ1v) is 13.3. The Labute approximate surface area is 217 Å². The number of pyridine rings is 1. The van der Waals surface area contributed by atoms with Gasteiger partial charge in [0.05, 0.1) is 22.1 Å². The molecule has 0 fully saturated rings. The zero-order valence-electron chi connectivity index (χ0n) is 20.6. The largest absolute Gasteiger partial charge is 0.508 e. The summed E-state index contributed by atoms with van der Waals surface area (Å²) in [7, 11) is 0. The number of rotatable bonds is 10. The molecule has 35 heavy (non-hydrogen) atoms. The van der Waals surface area contributed by atoms with Crippen molar-refractivity contribution < 1.29 is 5.11 Å². The molecule has 2 atom stereocenters. The second kappa shape index (κ2) is 11.4. The number of aromatic nitrogens is 1. The average Bonchev–Trinajstić information content (AvgIpc) is 2.84. The molecule has 0 amide bonds. The third-order valence-corrected chi connectivity index (χ3v) is 7.25. The first kappa shape index (κ1) is 25.4. The Morgan fingerprint density at radius 1 is 0.886 bits per heavy atom. The first-order valence-electron chi connectivity index (χ1n) is 12.4. The van der Waals surface area contributed by atoms with Crippen molar-refractivity contribution in [3.63, 3.8) is 0 Å². The van der Waals surface area contributed by atoms with Gasteiger partial charge in [0.2, 0.25) is 0 Å². The standard InChI is InChI=1S/C29H33Cl2N3O/c1-4-11-22(30)28-25(17-19(35)18-26(28)34(6-3)27(31)12-5-2)33-29-20-13-7-9-15-23(20)32-24-16-10-8-14-21(24)29/h7-10,13-18,22,27,35H,4-6,11-12H2,1-3H3,(H,32,33). The molecule has 2 N–H and O–H groups in total. The molecular weight excluding hydrogens is 477 g/mol. The normalized spacial score (nSPS) is 13.2. The van der Waals surface area contributed by atoms with Gasteiger partial charge in [-0.2, -0.15) is 0 Å². The topological polar surface area (TPSA) is 48.4 Å². The lowest BCUT2D eigenvalue weighted by molar-refractivity contribution is 0.475. The van der Waals surface area contributed by atoms with Crippen LogP contribution in [0.5, 0.6) is 5.75 Å². The number of aromatic hydroxyl groups is 1. The van der Waals surface area contributed by atoms with E-state index in [2.05, 4.69) is 43.1 Å². The summed E-state index contributed by atoms with van der Waals surface area (Å²) in [5, 5.41) is 16.3. The molecule has 4 nitrogen and oxygen atoms in total. The molecule has 1 aromatic heterocycles. The highest BCUT2D eigenvalue weighted by molar-refractivity contribution is 6.23. The number of nitrogens with one attached hydrogen (secondary N) is 1. The fourth-order valence-electron chi connectivity index (χ4n) is 4.71. The van der Waals surface area contributed by atoms with E-state index in [9.17, 15) is 5.11 Å². The Morgan fingerprint density at radius 3 is 2.06 bits per heavy atom. The molecule has 0 radical (unpaired) electrons. The fourth-order valence-corrected chi connectivity index (χ4v) is 5.62. The molecular formula is C29H33Cl2N3O. The van der Waals surface area contributed by atoms with Gasteiger partial charge < -0.3 is 15.3 Å². The van der Waals surface area contributed by atoms with Gasteiger partial charge in [0, 0.05) is 46.4 Å². The Morgan fingerprint density at radius 2 is 1.49 bits per heavy atom. The van der Waals surface area contributed by atoms with Crippen LogP contribution in [0.1, 0.15) is 57.4 Å². The SMILES string of the molecule is CCCC(Cl)c1c(Nc2c3ccccc3nc3ccccc23)cc(O)cc1N(CC)C(Cl)CCC. The molecule has 1 heterocycles. The number of phenols is 1. The predicted molar refractivity (Wildman–Crippen MR) is 152 cm³/mol. The molecule has 0 aliphatic heterocycles. The van der Waals surface area contributed by atoms with Crippen LogP contribution in [0.2, 0.25) is 0 Å². The lowest BCUT2D eigenvalue weighted by Gasteiger charge is -2.33. The number of anilines is 3. The summed E-state index contributed by atoms with van der Waals surface area (Å²) in [4.78, 5) is 6.98. The Hall–Kier alpha value is -2.69. The van der Waals surface area contributed by atoms with E-state index in [1.807, 2.05) is 36.4 Å². The number of nitrogens with zero attached hydrogens (tertiary/aromatic N) is 2. The molecule has 2 unspecified atom stereocenters. The average molecular weight is 511 g/mol. The Bertz CT molecular complexity index is 1260. The maximum atomic E-state index is 10.8. The quantitative estimate of drug-likeness (QED) is 0.127. The molecule has 6 heteroatoms. The van der Waals surface area contributed by atoms with Crippen LogP contribution in [0.3, 0.4) is 0 Å². The number of hydrogen-bond donors (Lipinski definition) is 2. The van der Waals surface area contributed by atoms with Gasteiger partial charge in [0.25, 0.3) is 0 Å². The highest BCUT2D eigenvalue weighted by Crippen LogP contribution is 2.45. The molecule has 0 bridgehead atoms. The van der Waals surface area contributed by atoms with E-state index in [4.69, 9.17) is 28.2 Å². The van der Waals surface area contributed by atoms with Gasteiger partial charge in [0.1, 0.15) is 11.3 Å². The van der Waals surface area contributed by atoms with E-state index in [-0.39, 0.29) is 16.6 Å². The second-order valence-electron chi connectivity index (χ2n) is 8.84. The fraction of sp³-hybridized carbons (Fsp3) is 0.345. The van der Waals surface area contributed by atoms with E-state index in [1.54, 1.807) is 12.1 Å². The van der Waals surface area contributed by atoms with Crippen LogP contribution in [-0.2, 0) is 0 Å². The van der Waals surface area contributed by atoms with Gasteiger partial charge in [-0.3, -0.25) is 0 Å². The van der Waals surface area contributed by atoms with Crippen molar-refractivity contribution in [1.82, 2.24) is 4.98 Å². The maximum Gasteiger partial charge on any atom is 0.119 e. The van der Waals surface area contributed by atoms with Crippen molar-refractivity contribution in [2.24, 2.45) is 0 Å². The van der Waals surface area contributed by atoms with Gasteiger partial charge in [-0.1, -0.05) is 74.7 Å². The van der Waals surface area contributed by atoms with Crippen molar-refractivity contribution >= 4 is 62.1 Å². The molecule has 3 aromatic carbocycles. The number of halogens is 2. The van der Waals surface area contributed by atoms with Crippen molar-refractivity contribution in [3.8, 4) is 5.75 Å². The van der Waals surface area contributed by atoms with Crippen molar-refractivity contribution in [1.29, 1.82) is 0 Å². The number of hydrogen-bond acceptors (Lipinski definition) is 4. The van der Waals surface area contributed by atoms with Crippen LogP contribution in [0, 0.1) is 0 Å². The monoisotopic (exact) mass is 509 g/mol. The number of fused-ring (bicyclic) bond motifs is 2. The van der Waals surface area contributed by atoms with E-state index in [1.165, 1.54) is 0 Å². The van der Waals surface area contributed by atoms with Crippen LogP contribution in [-0.4, -0.2) is 22.1 Å². The predicted octanol–water partition coefficient (Wildman–Crippen LogP) is 9.11. The molecule has 0 saturated carbocycles. The van der Waals surface area contributed by atoms with Crippen molar-refractivity contribution in [2.75, 3.05) is 16.8 Å². The summed E-state index contributed by atoms with van der Waals surface area (Å²) in [5.74, 6) is 0.174. The van der Waals surface area contributed by atoms with Crippen LogP contribution < -0.4 is 10.2 Å². The summed E-state index contributed by atoms with van der Waals surface area (Å²) in [5.41, 5.74) is 5.19. The van der Waals surface area contributed by atoms with E-state index >= 15 is 0 Å². The smallest absolute Gasteiger partial charge is 0.119 e. The summed E-state index contributed by atoms with van der Waals surface area (Å²) in [6, 6.07) is 19.8. The van der Waals surface area contributed by atoms with Gasteiger partial charge in [-0.25, -0.2) is 4.98 Å². The van der Waals surface area contributed by atoms with Crippen LogP contribution in [0.15, 0.2) is 60.7 Å². The minimum Gasteiger partial charge on any atom is -0.508 e. The van der Waals surface area contributed by atoms with Gasteiger partial charge >= 0.3 is 0 Å². The third-order valence-electron chi connectivity index (χ3n) is 6.36. The van der Waals surface area contributed by atoms with E-state index < -0.39 is 0 Å². The molecule has 0 saturated heterocycles. The number of benzene rings is 3. The minimum atomic E-state index is -0.239. The molecule has 0 spiro atoms.